The molecule has 2 nitrogen and oxygen atoms in total. The van der Waals surface area contributed by atoms with Crippen LogP contribution in [0.3, 0.4) is 0 Å². The van der Waals surface area contributed by atoms with Crippen molar-refractivity contribution in [2.75, 3.05) is 6.61 Å². The monoisotopic (exact) mass is 220 g/mol. The van der Waals surface area contributed by atoms with Crippen LogP contribution in [0.15, 0.2) is 24.3 Å². The first kappa shape index (κ1) is 11.8. The lowest BCUT2D eigenvalue weighted by molar-refractivity contribution is -0.137. The first-order valence-electron chi connectivity index (χ1n) is 4.37. The maximum atomic E-state index is 12.3. The largest absolute Gasteiger partial charge is 0.491 e. The van der Waals surface area contributed by atoms with E-state index >= 15 is 0 Å². The summed E-state index contributed by atoms with van der Waals surface area (Å²) in [5.41, 5.74) is -0.759. The zero-order valence-corrected chi connectivity index (χ0v) is 8.08. The van der Waals surface area contributed by atoms with Crippen molar-refractivity contribution < 1.29 is 23.0 Å². The first-order chi connectivity index (χ1) is 6.89. The third kappa shape index (κ3) is 3.79. The summed E-state index contributed by atoms with van der Waals surface area (Å²) >= 11 is 0. The molecule has 0 fully saturated rings. The quantitative estimate of drug-likeness (QED) is 0.847. The van der Waals surface area contributed by atoms with Gasteiger partial charge in [-0.05, 0) is 25.1 Å². The van der Waals surface area contributed by atoms with Gasteiger partial charge in [0, 0.05) is 0 Å². The average Bonchev–Trinajstić information content (AvgIpc) is 2.14. The third-order valence-electron chi connectivity index (χ3n) is 1.65. The summed E-state index contributed by atoms with van der Waals surface area (Å²) in [5, 5.41) is 8.90. The van der Waals surface area contributed by atoms with Crippen LogP contribution in [0.25, 0.3) is 0 Å². The second kappa shape index (κ2) is 4.53. The molecule has 0 aliphatic carbocycles. The molecule has 15 heavy (non-hydrogen) atoms. The van der Waals surface area contributed by atoms with Crippen molar-refractivity contribution in [2.24, 2.45) is 0 Å². The second-order valence-corrected chi connectivity index (χ2v) is 3.19. The number of aliphatic hydroxyl groups excluding tert-OH is 1. The molecule has 1 atom stereocenters. The highest BCUT2D eigenvalue weighted by molar-refractivity contribution is 5.30. The van der Waals surface area contributed by atoms with Gasteiger partial charge in [0.2, 0.25) is 0 Å². The molecule has 0 saturated carbocycles. The summed E-state index contributed by atoms with van der Waals surface area (Å²) < 4.78 is 41.7. The molecule has 0 bridgehead atoms. The maximum Gasteiger partial charge on any atom is 0.416 e. The minimum Gasteiger partial charge on any atom is -0.491 e. The fourth-order valence-corrected chi connectivity index (χ4v) is 0.979. The number of hydrogen-bond donors (Lipinski definition) is 1. The van der Waals surface area contributed by atoms with Gasteiger partial charge in [0.25, 0.3) is 0 Å². The highest BCUT2D eigenvalue weighted by atomic mass is 19.4. The molecule has 0 aliphatic heterocycles. The van der Waals surface area contributed by atoms with Gasteiger partial charge in [-0.15, -0.1) is 0 Å². The van der Waals surface area contributed by atoms with Crippen molar-refractivity contribution in [3.63, 3.8) is 0 Å². The molecule has 84 valence electrons. The van der Waals surface area contributed by atoms with E-state index in [1.165, 1.54) is 19.1 Å². The van der Waals surface area contributed by atoms with E-state index in [1.807, 2.05) is 0 Å². The molecule has 0 heterocycles. The molecule has 0 aromatic heterocycles. The molecule has 1 N–H and O–H groups in total. The Morgan fingerprint density at radius 3 is 2.60 bits per heavy atom. The summed E-state index contributed by atoms with van der Waals surface area (Å²) in [6, 6.07) is 4.55. The average molecular weight is 220 g/mol. The number of aliphatic hydroxyl groups is 1. The lowest BCUT2D eigenvalue weighted by atomic mass is 10.2. The van der Waals surface area contributed by atoms with E-state index < -0.39 is 17.8 Å². The number of benzene rings is 1. The van der Waals surface area contributed by atoms with E-state index in [4.69, 9.17) is 9.84 Å². The van der Waals surface area contributed by atoms with Gasteiger partial charge in [0.15, 0.2) is 0 Å². The van der Waals surface area contributed by atoms with Gasteiger partial charge < -0.3 is 9.84 Å². The SMILES string of the molecule is CC(O)COc1cccc(C(F)(F)F)c1. The molecular formula is C10H11F3O2. The molecule has 0 amide bonds. The Morgan fingerprint density at radius 2 is 2.07 bits per heavy atom. The van der Waals surface area contributed by atoms with Gasteiger partial charge in [-0.3, -0.25) is 0 Å². The summed E-state index contributed by atoms with van der Waals surface area (Å²) in [4.78, 5) is 0. The van der Waals surface area contributed by atoms with Crippen molar-refractivity contribution in [3.8, 4) is 5.75 Å². The minimum atomic E-state index is -4.37. The fraction of sp³-hybridized carbons (Fsp3) is 0.400. The van der Waals surface area contributed by atoms with Crippen LogP contribution in [0.5, 0.6) is 5.75 Å². The molecule has 0 spiro atoms. The number of ether oxygens (including phenoxy) is 1. The smallest absolute Gasteiger partial charge is 0.416 e. The maximum absolute atomic E-state index is 12.3. The third-order valence-corrected chi connectivity index (χ3v) is 1.65. The molecule has 1 aromatic rings. The standard InChI is InChI=1S/C10H11F3O2/c1-7(14)6-15-9-4-2-3-8(5-9)10(11,12)13/h2-5,7,14H,6H2,1H3. The number of hydrogen-bond acceptors (Lipinski definition) is 2. The number of alkyl halides is 3. The van der Waals surface area contributed by atoms with Gasteiger partial charge in [0.1, 0.15) is 12.4 Å². The van der Waals surface area contributed by atoms with Gasteiger partial charge in [-0.1, -0.05) is 6.07 Å². The molecule has 0 radical (unpaired) electrons. The van der Waals surface area contributed by atoms with Crippen LogP contribution in [-0.4, -0.2) is 17.8 Å². The van der Waals surface area contributed by atoms with Crippen LogP contribution in [-0.2, 0) is 6.18 Å². The van der Waals surface area contributed by atoms with Crippen molar-refractivity contribution in [1.82, 2.24) is 0 Å². The molecule has 0 saturated heterocycles. The molecule has 1 aromatic carbocycles. The van der Waals surface area contributed by atoms with Gasteiger partial charge >= 0.3 is 6.18 Å². The zero-order chi connectivity index (χ0) is 11.5. The fourth-order valence-electron chi connectivity index (χ4n) is 0.979. The van der Waals surface area contributed by atoms with E-state index in [2.05, 4.69) is 0 Å². The van der Waals surface area contributed by atoms with Gasteiger partial charge in [-0.25, -0.2) is 0 Å². The van der Waals surface area contributed by atoms with Crippen molar-refractivity contribution in [3.05, 3.63) is 29.8 Å². The molecule has 1 rings (SSSR count). The number of halogens is 3. The van der Waals surface area contributed by atoms with Gasteiger partial charge in [0.05, 0.1) is 11.7 Å². The van der Waals surface area contributed by atoms with E-state index in [9.17, 15) is 13.2 Å². The van der Waals surface area contributed by atoms with E-state index in [0.717, 1.165) is 12.1 Å². The van der Waals surface area contributed by atoms with Crippen LogP contribution in [0.4, 0.5) is 13.2 Å². The van der Waals surface area contributed by atoms with E-state index in [0.29, 0.717) is 0 Å². The van der Waals surface area contributed by atoms with Crippen LogP contribution in [0.1, 0.15) is 12.5 Å². The van der Waals surface area contributed by atoms with E-state index in [-0.39, 0.29) is 12.4 Å². The highest BCUT2D eigenvalue weighted by Crippen LogP contribution is 2.31. The molecule has 5 heteroatoms. The Labute approximate surface area is 85.3 Å². The Balaban J connectivity index is 2.75. The first-order valence-corrected chi connectivity index (χ1v) is 4.37. The van der Waals surface area contributed by atoms with Gasteiger partial charge in [-0.2, -0.15) is 13.2 Å². The molecule has 1 unspecified atom stereocenters. The summed E-state index contributed by atoms with van der Waals surface area (Å²) in [7, 11) is 0. The lowest BCUT2D eigenvalue weighted by Gasteiger charge is -2.11. The predicted octanol–water partition coefficient (Wildman–Crippen LogP) is 2.47. The zero-order valence-electron chi connectivity index (χ0n) is 8.08. The lowest BCUT2D eigenvalue weighted by Crippen LogP contribution is -2.13. The summed E-state index contributed by atoms with van der Waals surface area (Å²) in [5.74, 6) is 0.103. The summed E-state index contributed by atoms with van der Waals surface area (Å²) in [6.07, 6.45) is -5.08. The van der Waals surface area contributed by atoms with E-state index in [1.54, 1.807) is 0 Å². The minimum absolute atomic E-state index is 0.0265. The van der Waals surface area contributed by atoms with Crippen LogP contribution >= 0.6 is 0 Å². The predicted molar refractivity (Wildman–Crippen MR) is 48.6 cm³/mol. The van der Waals surface area contributed by atoms with Crippen molar-refractivity contribution in [2.45, 2.75) is 19.2 Å². The van der Waals surface area contributed by atoms with Crippen LogP contribution in [0.2, 0.25) is 0 Å². The van der Waals surface area contributed by atoms with Crippen LogP contribution < -0.4 is 4.74 Å². The molecule has 0 aliphatic rings. The van der Waals surface area contributed by atoms with Crippen LogP contribution in [0, 0.1) is 0 Å². The second-order valence-electron chi connectivity index (χ2n) is 3.19. The van der Waals surface area contributed by atoms with Crippen molar-refractivity contribution >= 4 is 0 Å². The summed E-state index contributed by atoms with van der Waals surface area (Å²) in [6.45, 7) is 1.47. The highest BCUT2D eigenvalue weighted by Gasteiger charge is 2.30. The Hall–Kier alpha value is -1.23. The van der Waals surface area contributed by atoms with Crippen molar-refractivity contribution in [1.29, 1.82) is 0 Å². The topological polar surface area (TPSA) is 29.5 Å². The molecular weight excluding hydrogens is 209 g/mol. The Bertz CT molecular complexity index is 321. The Kier molecular flexibility index (Phi) is 3.57. The normalized spacial score (nSPS) is 13.7. The Morgan fingerprint density at radius 1 is 1.40 bits per heavy atom. The number of rotatable bonds is 3.